The molecular formula is C21H21F3N2O4. The van der Waals surface area contributed by atoms with E-state index in [1.807, 2.05) is 4.90 Å². The van der Waals surface area contributed by atoms with Gasteiger partial charge >= 0.3 is 12.1 Å². The third-order valence-corrected chi connectivity index (χ3v) is 4.98. The highest BCUT2D eigenvalue weighted by atomic mass is 19.4. The van der Waals surface area contributed by atoms with E-state index in [0.717, 1.165) is 43.9 Å². The lowest BCUT2D eigenvalue weighted by Crippen LogP contribution is -2.24. The second kappa shape index (κ2) is 9.15. The van der Waals surface area contributed by atoms with Crippen LogP contribution in [-0.4, -0.2) is 24.0 Å². The Balaban J connectivity index is 1.74. The van der Waals surface area contributed by atoms with Crippen molar-refractivity contribution in [2.45, 2.75) is 38.5 Å². The van der Waals surface area contributed by atoms with E-state index in [-0.39, 0.29) is 23.4 Å². The van der Waals surface area contributed by atoms with E-state index in [1.54, 1.807) is 0 Å². The van der Waals surface area contributed by atoms with Crippen LogP contribution in [0, 0.1) is 10.1 Å². The fraction of sp³-hybridized carbons (Fsp3) is 0.381. The quantitative estimate of drug-likeness (QED) is 0.369. The molecule has 0 unspecified atom stereocenters. The van der Waals surface area contributed by atoms with Gasteiger partial charge in [0.05, 0.1) is 16.1 Å². The van der Waals surface area contributed by atoms with Crippen molar-refractivity contribution >= 4 is 17.3 Å². The topological polar surface area (TPSA) is 72.7 Å². The number of halogens is 3. The second-order valence-corrected chi connectivity index (χ2v) is 7.14. The van der Waals surface area contributed by atoms with Crippen LogP contribution in [0.5, 0.6) is 0 Å². The average Bonchev–Trinajstić information content (AvgIpc) is 3.00. The Hall–Kier alpha value is -3.10. The minimum atomic E-state index is -4.50. The molecule has 2 aromatic carbocycles. The number of anilines is 1. The number of esters is 1. The maximum atomic E-state index is 12.8. The van der Waals surface area contributed by atoms with Gasteiger partial charge in [-0.2, -0.15) is 13.2 Å². The van der Waals surface area contributed by atoms with Gasteiger partial charge < -0.3 is 9.64 Å². The lowest BCUT2D eigenvalue weighted by molar-refractivity contribution is -0.384. The predicted octanol–water partition coefficient (Wildman–Crippen LogP) is 5.35. The zero-order valence-corrected chi connectivity index (χ0v) is 16.2. The van der Waals surface area contributed by atoms with Crippen LogP contribution < -0.4 is 4.90 Å². The smallest absolute Gasteiger partial charge is 0.416 e. The number of nitro groups is 1. The van der Waals surface area contributed by atoms with E-state index in [0.29, 0.717) is 18.8 Å². The summed E-state index contributed by atoms with van der Waals surface area (Å²) in [5.74, 6) is -0.835. The molecule has 1 fully saturated rings. The summed E-state index contributed by atoms with van der Waals surface area (Å²) in [5.41, 5.74) is -0.420. The molecule has 1 saturated heterocycles. The lowest BCUT2D eigenvalue weighted by Gasteiger charge is -2.22. The maximum absolute atomic E-state index is 12.8. The Kier molecular flexibility index (Phi) is 6.59. The number of carbonyl (C=O) groups is 1. The molecule has 0 radical (unpaired) electrons. The van der Waals surface area contributed by atoms with Crippen LogP contribution in [0.25, 0.3) is 0 Å². The van der Waals surface area contributed by atoms with Crippen LogP contribution in [0.1, 0.15) is 47.2 Å². The summed E-state index contributed by atoms with van der Waals surface area (Å²) in [6, 6.07) is 8.61. The first kappa shape index (κ1) is 21.6. The van der Waals surface area contributed by atoms with E-state index < -0.39 is 22.6 Å². The third kappa shape index (κ3) is 5.28. The highest BCUT2D eigenvalue weighted by Gasteiger charge is 2.30. The molecule has 0 atom stereocenters. The molecule has 9 heteroatoms. The summed E-state index contributed by atoms with van der Waals surface area (Å²) < 4.78 is 43.5. The van der Waals surface area contributed by atoms with Crippen molar-refractivity contribution < 1.29 is 27.6 Å². The van der Waals surface area contributed by atoms with Gasteiger partial charge in [-0.15, -0.1) is 0 Å². The van der Waals surface area contributed by atoms with Crippen molar-refractivity contribution in [3.63, 3.8) is 0 Å². The summed E-state index contributed by atoms with van der Waals surface area (Å²) in [7, 11) is 0. The normalized spacial score (nSPS) is 14.8. The Labute approximate surface area is 171 Å². The van der Waals surface area contributed by atoms with Gasteiger partial charge in [0.25, 0.3) is 5.69 Å². The van der Waals surface area contributed by atoms with Gasteiger partial charge in [0.1, 0.15) is 12.3 Å². The molecule has 2 aromatic rings. The fourth-order valence-electron chi connectivity index (χ4n) is 3.45. The van der Waals surface area contributed by atoms with Crippen molar-refractivity contribution in [1.29, 1.82) is 0 Å². The van der Waals surface area contributed by atoms with Gasteiger partial charge in [0.2, 0.25) is 0 Å². The fourth-order valence-corrected chi connectivity index (χ4v) is 3.45. The van der Waals surface area contributed by atoms with Crippen molar-refractivity contribution in [3.8, 4) is 0 Å². The zero-order valence-electron chi connectivity index (χ0n) is 16.2. The van der Waals surface area contributed by atoms with Crippen molar-refractivity contribution in [3.05, 3.63) is 69.3 Å². The predicted molar refractivity (Wildman–Crippen MR) is 104 cm³/mol. The molecule has 0 spiro atoms. The molecular weight excluding hydrogens is 401 g/mol. The lowest BCUT2D eigenvalue weighted by atomic mass is 10.1. The van der Waals surface area contributed by atoms with Crippen molar-refractivity contribution in [2.75, 3.05) is 18.0 Å². The number of carbonyl (C=O) groups excluding carboxylic acids is 1. The van der Waals surface area contributed by atoms with Crippen molar-refractivity contribution in [1.82, 2.24) is 0 Å². The highest BCUT2D eigenvalue weighted by Crippen LogP contribution is 2.32. The minimum absolute atomic E-state index is 0.0211. The second-order valence-electron chi connectivity index (χ2n) is 7.14. The molecule has 160 valence electrons. The van der Waals surface area contributed by atoms with E-state index >= 15 is 0 Å². The van der Waals surface area contributed by atoms with Crippen LogP contribution in [0.4, 0.5) is 24.5 Å². The van der Waals surface area contributed by atoms with Crippen LogP contribution in [0.2, 0.25) is 0 Å². The number of ether oxygens (including phenoxy) is 1. The highest BCUT2D eigenvalue weighted by molar-refractivity contribution is 5.91. The van der Waals surface area contributed by atoms with Crippen LogP contribution in [0.15, 0.2) is 42.5 Å². The third-order valence-electron chi connectivity index (χ3n) is 4.98. The molecule has 0 aromatic heterocycles. The van der Waals surface area contributed by atoms with E-state index in [9.17, 15) is 28.1 Å². The van der Waals surface area contributed by atoms with E-state index in [2.05, 4.69) is 0 Å². The van der Waals surface area contributed by atoms with Crippen molar-refractivity contribution in [2.24, 2.45) is 0 Å². The molecule has 1 aliphatic rings. The molecule has 0 aliphatic carbocycles. The van der Waals surface area contributed by atoms with Gasteiger partial charge in [-0.05, 0) is 42.7 Å². The molecule has 3 rings (SSSR count). The number of alkyl halides is 3. The maximum Gasteiger partial charge on any atom is 0.416 e. The molecule has 30 heavy (non-hydrogen) atoms. The first-order chi connectivity index (χ1) is 14.3. The number of rotatable bonds is 5. The number of hydrogen-bond acceptors (Lipinski definition) is 5. The monoisotopic (exact) mass is 422 g/mol. The standard InChI is InChI=1S/C21H21F3N2O4/c22-21(23,24)17-7-5-6-15(12-17)14-30-20(27)16-8-9-18(19(13-16)26(28)29)25-10-3-1-2-4-11-25/h5-9,12-13H,1-4,10-11,14H2. The minimum Gasteiger partial charge on any atom is -0.457 e. The number of nitro benzene ring substituents is 1. The van der Waals surface area contributed by atoms with Crippen LogP contribution >= 0.6 is 0 Å². The Morgan fingerprint density at radius 2 is 1.77 bits per heavy atom. The van der Waals surface area contributed by atoms with Gasteiger partial charge in [0, 0.05) is 19.2 Å². The molecule has 6 nitrogen and oxygen atoms in total. The number of nitrogens with zero attached hydrogens (tertiary/aromatic N) is 2. The van der Waals surface area contributed by atoms with Gasteiger partial charge in [-0.3, -0.25) is 10.1 Å². The molecule has 0 saturated carbocycles. The van der Waals surface area contributed by atoms with Gasteiger partial charge in [-0.25, -0.2) is 4.79 Å². The molecule has 0 N–H and O–H groups in total. The SMILES string of the molecule is O=C(OCc1cccc(C(F)(F)F)c1)c1ccc(N2CCCCCC2)c([N+](=O)[O-])c1. The van der Waals surface area contributed by atoms with Gasteiger partial charge in [-0.1, -0.05) is 25.0 Å². The summed E-state index contributed by atoms with van der Waals surface area (Å²) in [5, 5.41) is 11.6. The Morgan fingerprint density at radius 3 is 2.40 bits per heavy atom. The summed E-state index contributed by atoms with van der Waals surface area (Å²) in [4.78, 5) is 25.3. The number of hydrogen-bond donors (Lipinski definition) is 0. The Morgan fingerprint density at radius 1 is 1.07 bits per heavy atom. The molecule has 0 bridgehead atoms. The summed E-state index contributed by atoms with van der Waals surface area (Å²) >= 11 is 0. The van der Waals surface area contributed by atoms with E-state index in [4.69, 9.17) is 4.74 Å². The largest absolute Gasteiger partial charge is 0.457 e. The first-order valence-corrected chi connectivity index (χ1v) is 9.62. The summed E-state index contributed by atoms with van der Waals surface area (Å²) in [6.45, 7) is 1.05. The molecule has 0 amide bonds. The van der Waals surface area contributed by atoms with E-state index in [1.165, 1.54) is 24.3 Å². The Bertz CT molecular complexity index is 923. The average molecular weight is 422 g/mol. The van der Waals surface area contributed by atoms with Crippen LogP contribution in [-0.2, 0) is 17.5 Å². The van der Waals surface area contributed by atoms with Crippen LogP contribution in [0.3, 0.4) is 0 Å². The van der Waals surface area contributed by atoms with Gasteiger partial charge in [0.15, 0.2) is 0 Å². The first-order valence-electron chi connectivity index (χ1n) is 9.62. The number of benzene rings is 2. The zero-order chi connectivity index (χ0) is 21.7. The molecule has 1 aliphatic heterocycles. The summed E-state index contributed by atoms with van der Waals surface area (Å²) in [6.07, 6.45) is -0.464. The molecule has 1 heterocycles.